The van der Waals surface area contributed by atoms with E-state index in [1.807, 2.05) is 54.6 Å². The number of rotatable bonds is 11. The number of benzene rings is 3. The molecule has 0 radical (unpaired) electrons. The Hall–Kier alpha value is -3.89. The van der Waals surface area contributed by atoms with Gasteiger partial charge in [0.2, 0.25) is 28.6 Å². The van der Waals surface area contributed by atoms with Crippen molar-refractivity contribution in [2.24, 2.45) is 0 Å². The molecule has 38 heavy (non-hydrogen) atoms. The van der Waals surface area contributed by atoms with E-state index in [1.54, 1.807) is 31.2 Å². The van der Waals surface area contributed by atoms with Gasteiger partial charge in [-0.3, -0.25) is 9.59 Å². The molecule has 1 aliphatic heterocycles. The molecule has 0 saturated carbocycles. The van der Waals surface area contributed by atoms with Gasteiger partial charge in [-0.1, -0.05) is 66.7 Å². The summed E-state index contributed by atoms with van der Waals surface area (Å²) in [4.78, 5) is 28.1. The number of nitrogens with one attached hydrogen (secondary N) is 1. The fourth-order valence-corrected chi connectivity index (χ4v) is 4.80. The maximum Gasteiger partial charge on any atom is 0.242 e. The number of hydrogen-bond donors (Lipinski definition) is 1. The molecule has 0 aromatic heterocycles. The molecule has 200 valence electrons. The lowest BCUT2D eigenvalue weighted by Gasteiger charge is -2.31. The first kappa shape index (κ1) is 27.2. The number of nitrogens with zero attached hydrogens (tertiary/aromatic N) is 2. The highest BCUT2D eigenvalue weighted by Gasteiger charge is 2.30. The minimum Gasteiger partial charge on any atom is -0.454 e. The van der Waals surface area contributed by atoms with E-state index in [0.29, 0.717) is 11.5 Å². The largest absolute Gasteiger partial charge is 0.454 e. The summed E-state index contributed by atoms with van der Waals surface area (Å²) < 4.78 is 36.9. The minimum absolute atomic E-state index is 0.0509. The number of fused-ring (bicyclic) bond motifs is 1. The van der Waals surface area contributed by atoms with Crippen molar-refractivity contribution in [2.75, 3.05) is 19.6 Å². The van der Waals surface area contributed by atoms with Gasteiger partial charge < -0.3 is 19.7 Å². The Bertz CT molecular complexity index is 1370. The number of sulfonamides is 1. The molecule has 3 aromatic carbocycles. The molecular weight excluding hydrogens is 506 g/mol. The van der Waals surface area contributed by atoms with Crippen molar-refractivity contribution in [3.05, 3.63) is 95.6 Å². The van der Waals surface area contributed by atoms with Gasteiger partial charge in [-0.25, -0.2) is 8.42 Å². The van der Waals surface area contributed by atoms with Crippen LogP contribution in [-0.2, 0) is 39.2 Å². The van der Waals surface area contributed by atoms with Crippen LogP contribution in [-0.4, -0.2) is 55.1 Å². The molecule has 1 N–H and O–H groups in total. The summed E-state index contributed by atoms with van der Waals surface area (Å²) in [6.07, 6.45) is 1.08. The van der Waals surface area contributed by atoms with Crippen molar-refractivity contribution >= 4 is 21.8 Å². The van der Waals surface area contributed by atoms with Crippen LogP contribution >= 0.6 is 0 Å². The van der Waals surface area contributed by atoms with Gasteiger partial charge >= 0.3 is 0 Å². The van der Waals surface area contributed by atoms with Crippen LogP contribution in [0, 0.1) is 0 Å². The molecule has 1 aliphatic rings. The van der Waals surface area contributed by atoms with Gasteiger partial charge in [-0.15, -0.1) is 0 Å². The third-order valence-electron chi connectivity index (χ3n) is 6.25. The van der Waals surface area contributed by atoms with Crippen LogP contribution < -0.4 is 14.8 Å². The molecule has 0 bridgehead atoms. The van der Waals surface area contributed by atoms with Gasteiger partial charge in [0, 0.05) is 19.6 Å². The van der Waals surface area contributed by atoms with Gasteiger partial charge in [0.25, 0.3) is 0 Å². The maximum absolute atomic E-state index is 13.6. The first-order valence-electron chi connectivity index (χ1n) is 12.2. The highest BCUT2D eigenvalue weighted by Crippen LogP contribution is 2.32. The second-order valence-corrected chi connectivity index (χ2v) is 11.1. The minimum atomic E-state index is -3.70. The number of hydrogen-bond acceptors (Lipinski definition) is 6. The normalized spacial score (nSPS) is 13.2. The summed E-state index contributed by atoms with van der Waals surface area (Å²) in [5, 5.41) is 2.87. The van der Waals surface area contributed by atoms with Gasteiger partial charge in [0.05, 0.1) is 12.8 Å². The van der Waals surface area contributed by atoms with E-state index >= 15 is 0 Å². The molecule has 0 aliphatic carbocycles. The van der Waals surface area contributed by atoms with Crippen molar-refractivity contribution in [3.8, 4) is 11.5 Å². The highest BCUT2D eigenvalue weighted by molar-refractivity contribution is 7.88. The number of carbonyl (C=O) groups excluding carboxylic acids is 2. The molecule has 3 aromatic rings. The molecular formula is C28H31N3O6S. The average molecular weight is 538 g/mol. The SMILES string of the molecule is CC(C(=O)NCc1ccc2c(c1)OCO2)N(Cc1ccccc1)C(=O)CN(Cc1ccccc1)S(C)(=O)=O. The van der Waals surface area contributed by atoms with E-state index in [4.69, 9.17) is 9.47 Å². The van der Waals surface area contributed by atoms with Gasteiger partial charge in [0.1, 0.15) is 6.04 Å². The molecule has 0 spiro atoms. The van der Waals surface area contributed by atoms with Crippen LogP contribution in [0.1, 0.15) is 23.6 Å². The maximum atomic E-state index is 13.6. The van der Waals surface area contributed by atoms with Crippen LogP contribution in [0.25, 0.3) is 0 Å². The summed E-state index contributed by atoms with van der Waals surface area (Å²) in [5.41, 5.74) is 2.40. The number of ether oxygens (including phenoxy) is 2. The number of amides is 2. The van der Waals surface area contributed by atoms with Crippen LogP contribution in [0.15, 0.2) is 78.9 Å². The molecule has 4 rings (SSSR count). The summed E-state index contributed by atoms with van der Waals surface area (Å²) in [7, 11) is -3.70. The Labute approximate surface area is 223 Å². The fraction of sp³-hybridized carbons (Fsp3) is 0.286. The third kappa shape index (κ3) is 7.11. The lowest BCUT2D eigenvalue weighted by molar-refractivity contribution is -0.140. The molecule has 0 fully saturated rings. The zero-order valence-corrected chi connectivity index (χ0v) is 22.2. The molecule has 10 heteroatoms. The average Bonchev–Trinajstić information content (AvgIpc) is 3.38. The van der Waals surface area contributed by atoms with E-state index in [9.17, 15) is 18.0 Å². The van der Waals surface area contributed by atoms with E-state index in [2.05, 4.69) is 5.32 Å². The molecule has 9 nitrogen and oxygen atoms in total. The standard InChI is InChI=1S/C28H31N3O6S/c1-21(28(33)29-16-24-13-14-25-26(15-24)37-20-36-25)31(18-23-11-7-4-8-12-23)27(32)19-30(38(2,34)35)17-22-9-5-3-6-10-22/h3-15,21H,16-20H2,1-2H3,(H,29,33). The molecule has 1 atom stereocenters. The predicted octanol–water partition coefficient (Wildman–Crippen LogP) is 2.91. The summed E-state index contributed by atoms with van der Waals surface area (Å²) >= 11 is 0. The smallest absolute Gasteiger partial charge is 0.242 e. The van der Waals surface area contributed by atoms with Gasteiger partial charge in [-0.2, -0.15) is 4.31 Å². The van der Waals surface area contributed by atoms with Crippen LogP contribution in [0.4, 0.5) is 0 Å². The van der Waals surface area contributed by atoms with Crippen LogP contribution in [0.2, 0.25) is 0 Å². The van der Waals surface area contributed by atoms with Crippen LogP contribution in [0.5, 0.6) is 11.5 Å². The van der Waals surface area contributed by atoms with Crippen molar-refractivity contribution < 1.29 is 27.5 Å². The Morgan fingerprint density at radius 1 is 0.868 bits per heavy atom. The second-order valence-electron chi connectivity index (χ2n) is 9.11. The molecule has 0 saturated heterocycles. The van der Waals surface area contributed by atoms with E-state index < -0.39 is 22.0 Å². The first-order valence-corrected chi connectivity index (χ1v) is 14.0. The molecule has 2 amide bonds. The molecule has 1 heterocycles. The lowest BCUT2D eigenvalue weighted by atomic mass is 10.1. The van der Waals surface area contributed by atoms with Crippen molar-refractivity contribution in [3.63, 3.8) is 0 Å². The monoisotopic (exact) mass is 537 g/mol. The Kier molecular flexibility index (Phi) is 8.65. The zero-order chi connectivity index (χ0) is 27.1. The van der Waals surface area contributed by atoms with Crippen LogP contribution in [0.3, 0.4) is 0 Å². The Morgan fingerprint density at radius 2 is 1.47 bits per heavy atom. The lowest BCUT2D eigenvalue weighted by Crippen LogP contribution is -2.50. The van der Waals surface area contributed by atoms with Crippen molar-refractivity contribution in [1.29, 1.82) is 0 Å². The first-order chi connectivity index (χ1) is 18.2. The number of carbonyl (C=O) groups is 2. The highest BCUT2D eigenvalue weighted by atomic mass is 32.2. The van der Waals surface area contributed by atoms with E-state index in [1.165, 1.54) is 4.90 Å². The Morgan fingerprint density at radius 3 is 2.11 bits per heavy atom. The third-order valence-corrected chi connectivity index (χ3v) is 7.45. The zero-order valence-electron chi connectivity index (χ0n) is 21.4. The van der Waals surface area contributed by atoms with Crippen molar-refractivity contribution in [2.45, 2.75) is 32.6 Å². The summed E-state index contributed by atoms with van der Waals surface area (Å²) in [6.45, 7) is 1.85. The van der Waals surface area contributed by atoms with Gasteiger partial charge in [0.15, 0.2) is 11.5 Å². The topological polar surface area (TPSA) is 105 Å². The quantitative estimate of drug-likeness (QED) is 0.403. The second kappa shape index (κ2) is 12.1. The Balaban J connectivity index is 1.49. The van der Waals surface area contributed by atoms with Gasteiger partial charge in [-0.05, 0) is 35.7 Å². The van der Waals surface area contributed by atoms with E-state index in [0.717, 1.165) is 27.3 Å². The van der Waals surface area contributed by atoms with E-state index in [-0.39, 0.29) is 38.9 Å². The predicted molar refractivity (Wildman–Crippen MR) is 143 cm³/mol. The molecule has 1 unspecified atom stereocenters. The fourth-order valence-electron chi connectivity index (χ4n) is 4.07. The summed E-state index contributed by atoms with van der Waals surface area (Å²) in [6, 6.07) is 22.9. The summed E-state index contributed by atoms with van der Waals surface area (Å²) in [5.74, 6) is 0.436. The van der Waals surface area contributed by atoms with Crippen molar-refractivity contribution in [1.82, 2.24) is 14.5 Å².